The molecule has 0 saturated heterocycles. The van der Waals surface area contributed by atoms with Gasteiger partial charge in [0.05, 0.1) is 16.1 Å². The molecule has 2 aromatic carbocycles. The molecule has 0 spiro atoms. The van der Waals surface area contributed by atoms with Gasteiger partial charge in [0.2, 0.25) is 0 Å². The van der Waals surface area contributed by atoms with Gasteiger partial charge in [-0.05, 0) is 48.7 Å². The molecule has 3 rings (SSSR count). The standard InChI is InChI=1S/C22H22Cl4N4OS/c1-4-30-20(28-29-22(30)32-11-14-5-7-15(23)10-17(14)25)19(12(2)3)27-21(31)13-6-8-16(24)18(26)9-13/h5-10,12,19H,4,11H2,1-3H3,(H,27,31)/t19-/m1/s1. The first kappa shape index (κ1) is 25.2. The molecule has 1 aromatic heterocycles. The van der Waals surface area contributed by atoms with Gasteiger partial charge in [0.1, 0.15) is 0 Å². The molecule has 10 heteroatoms. The van der Waals surface area contributed by atoms with Gasteiger partial charge in [-0.3, -0.25) is 4.79 Å². The van der Waals surface area contributed by atoms with Crippen molar-refractivity contribution in [2.24, 2.45) is 5.92 Å². The summed E-state index contributed by atoms with van der Waals surface area (Å²) in [5.41, 5.74) is 1.39. The topological polar surface area (TPSA) is 59.8 Å². The Kier molecular flexibility index (Phi) is 8.75. The third-order valence-electron chi connectivity index (χ3n) is 4.85. The highest BCUT2D eigenvalue weighted by Gasteiger charge is 2.26. The Morgan fingerprint density at radius 3 is 2.41 bits per heavy atom. The van der Waals surface area contributed by atoms with Crippen LogP contribution in [0.1, 0.15) is 48.6 Å². The molecule has 0 fully saturated rings. The van der Waals surface area contributed by atoms with E-state index in [0.29, 0.717) is 43.8 Å². The average molecular weight is 532 g/mol. The fraction of sp³-hybridized carbons (Fsp3) is 0.318. The number of carbonyl (C=O) groups excluding carboxylic acids is 1. The summed E-state index contributed by atoms with van der Waals surface area (Å²) >= 11 is 25.9. The van der Waals surface area contributed by atoms with Crippen molar-refractivity contribution >= 4 is 64.1 Å². The van der Waals surface area contributed by atoms with Gasteiger partial charge in [0.25, 0.3) is 5.91 Å². The van der Waals surface area contributed by atoms with Gasteiger partial charge in [0.15, 0.2) is 11.0 Å². The highest BCUT2D eigenvalue weighted by Crippen LogP contribution is 2.30. The quantitative estimate of drug-likeness (QED) is 0.309. The van der Waals surface area contributed by atoms with Crippen molar-refractivity contribution in [2.75, 3.05) is 0 Å². The number of nitrogens with one attached hydrogen (secondary N) is 1. The van der Waals surface area contributed by atoms with Gasteiger partial charge in [-0.25, -0.2) is 0 Å². The summed E-state index contributed by atoms with van der Waals surface area (Å²) in [6, 6.07) is 9.90. The van der Waals surface area contributed by atoms with E-state index in [2.05, 4.69) is 15.5 Å². The lowest BCUT2D eigenvalue weighted by atomic mass is 10.0. The Morgan fingerprint density at radius 2 is 1.78 bits per heavy atom. The highest BCUT2D eigenvalue weighted by molar-refractivity contribution is 7.98. The molecule has 1 atom stereocenters. The fourth-order valence-electron chi connectivity index (χ4n) is 3.11. The molecule has 170 valence electrons. The molecular weight excluding hydrogens is 510 g/mol. The van der Waals surface area contributed by atoms with Crippen molar-refractivity contribution in [3.8, 4) is 0 Å². The van der Waals surface area contributed by atoms with Gasteiger partial charge in [-0.1, -0.05) is 78.1 Å². The number of rotatable bonds is 8. The minimum atomic E-state index is -0.335. The summed E-state index contributed by atoms with van der Waals surface area (Å²) in [5.74, 6) is 1.14. The molecule has 0 aliphatic heterocycles. The molecule has 32 heavy (non-hydrogen) atoms. The number of hydrogen-bond acceptors (Lipinski definition) is 4. The number of thioether (sulfide) groups is 1. The van der Waals surface area contributed by atoms with E-state index in [1.807, 2.05) is 37.5 Å². The van der Waals surface area contributed by atoms with Crippen LogP contribution < -0.4 is 5.32 Å². The van der Waals surface area contributed by atoms with E-state index < -0.39 is 0 Å². The van der Waals surface area contributed by atoms with Crippen LogP contribution in [-0.2, 0) is 12.3 Å². The van der Waals surface area contributed by atoms with Crippen molar-refractivity contribution in [1.82, 2.24) is 20.1 Å². The molecular formula is C22H22Cl4N4OS. The van der Waals surface area contributed by atoms with Crippen LogP contribution in [0.15, 0.2) is 41.6 Å². The van der Waals surface area contributed by atoms with E-state index in [1.165, 1.54) is 11.8 Å². The molecule has 0 radical (unpaired) electrons. The van der Waals surface area contributed by atoms with E-state index in [9.17, 15) is 4.79 Å². The van der Waals surface area contributed by atoms with Crippen molar-refractivity contribution in [1.29, 1.82) is 0 Å². The van der Waals surface area contributed by atoms with Crippen molar-refractivity contribution in [2.45, 2.75) is 44.3 Å². The minimum absolute atomic E-state index is 0.0831. The van der Waals surface area contributed by atoms with Crippen LogP contribution in [0, 0.1) is 5.92 Å². The van der Waals surface area contributed by atoms with Gasteiger partial charge in [-0.15, -0.1) is 10.2 Å². The largest absolute Gasteiger partial charge is 0.342 e. The first-order valence-corrected chi connectivity index (χ1v) is 12.5. The molecule has 0 saturated carbocycles. The zero-order valence-electron chi connectivity index (χ0n) is 17.7. The van der Waals surface area contributed by atoms with E-state index >= 15 is 0 Å². The molecule has 0 unspecified atom stereocenters. The Bertz CT molecular complexity index is 1120. The number of aromatic nitrogens is 3. The van der Waals surface area contributed by atoms with Crippen molar-refractivity contribution in [3.05, 3.63) is 73.4 Å². The molecule has 5 nitrogen and oxygen atoms in total. The van der Waals surface area contributed by atoms with Crippen molar-refractivity contribution < 1.29 is 4.79 Å². The Labute approximate surface area is 211 Å². The molecule has 0 aliphatic carbocycles. The highest BCUT2D eigenvalue weighted by atomic mass is 35.5. The number of nitrogens with zero attached hydrogens (tertiary/aromatic N) is 3. The maximum atomic E-state index is 12.9. The summed E-state index contributed by atoms with van der Waals surface area (Å²) in [7, 11) is 0. The van der Waals surface area contributed by atoms with E-state index in [1.54, 1.807) is 24.3 Å². The smallest absolute Gasteiger partial charge is 0.251 e. The molecule has 1 N–H and O–H groups in total. The fourth-order valence-corrected chi connectivity index (χ4v) is 4.97. The third kappa shape index (κ3) is 5.91. The Morgan fingerprint density at radius 1 is 1.03 bits per heavy atom. The van der Waals surface area contributed by atoms with Gasteiger partial charge in [0, 0.05) is 27.9 Å². The van der Waals surface area contributed by atoms with Crippen LogP contribution in [0.4, 0.5) is 0 Å². The lowest BCUT2D eigenvalue weighted by Gasteiger charge is -2.22. The van der Waals surface area contributed by atoms with Crippen LogP contribution in [0.5, 0.6) is 0 Å². The summed E-state index contributed by atoms with van der Waals surface area (Å²) in [4.78, 5) is 12.9. The lowest BCUT2D eigenvalue weighted by Crippen LogP contribution is -2.33. The average Bonchev–Trinajstić information content (AvgIpc) is 3.15. The van der Waals surface area contributed by atoms with E-state index in [-0.39, 0.29) is 17.9 Å². The number of halogens is 4. The zero-order valence-corrected chi connectivity index (χ0v) is 21.5. The molecule has 0 bridgehead atoms. The van der Waals surface area contributed by atoms with Crippen molar-refractivity contribution in [3.63, 3.8) is 0 Å². The predicted molar refractivity (Wildman–Crippen MR) is 133 cm³/mol. The SMILES string of the molecule is CCn1c(SCc2ccc(Cl)cc2Cl)nnc1[C@H](NC(=O)c1ccc(Cl)c(Cl)c1)C(C)C. The second-order valence-corrected chi connectivity index (χ2v) is 10.0. The first-order chi connectivity index (χ1) is 15.2. The van der Waals surface area contributed by atoms with Gasteiger partial charge >= 0.3 is 0 Å². The lowest BCUT2D eigenvalue weighted by molar-refractivity contribution is 0.0922. The second-order valence-electron chi connectivity index (χ2n) is 7.43. The second kappa shape index (κ2) is 11.1. The van der Waals surface area contributed by atoms with Crippen LogP contribution in [-0.4, -0.2) is 20.7 Å². The van der Waals surface area contributed by atoms with Crippen LogP contribution in [0.25, 0.3) is 0 Å². The molecule has 0 aliphatic rings. The predicted octanol–water partition coefficient (Wildman–Crippen LogP) is 7.33. The molecule has 1 heterocycles. The Hall–Kier alpha value is -1.44. The number of benzene rings is 2. The third-order valence-corrected chi connectivity index (χ3v) is 7.19. The molecule has 1 amide bonds. The maximum absolute atomic E-state index is 12.9. The summed E-state index contributed by atoms with van der Waals surface area (Å²) < 4.78 is 2.01. The summed E-state index contributed by atoms with van der Waals surface area (Å²) in [6.07, 6.45) is 0. The van der Waals surface area contributed by atoms with E-state index in [0.717, 1.165) is 10.7 Å². The van der Waals surface area contributed by atoms with Gasteiger partial charge < -0.3 is 9.88 Å². The van der Waals surface area contributed by atoms with E-state index in [4.69, 9.17) is 46.4 Å². The van der Waals surface area contributed by atoms with Crippen LogP contribution in [0.2, 0.25) is 20.1 Å². The summed E-state index contributed by atoms with van der Waals surface area (Å²) in [5, 5.41) is 14.5. The zero-order chi connectivity index (χ0) is 23.4. The monoisotopic (exact) mass is 530 g/mol. The Balaban J connectivity index is 1.81. The normalized spacial score (nSPS) is 12.2. The number of carbonyl (C=O) groups is 1. The first-order valence-electron chi connectivity index (χ1n) is 9.97. The van der Waals surface area contributed by atoms with Crippen LogP contribution >= 0.6 is 58.2 Å². The van der Waals surface area contributed by atoms with Crippen LogP contribution in [0.3, 0.4) is 0 Å². The minimum Gasteiger partial charge on any atom is -0.342 e. The van der Waals surface area contributed by atoms with Gasteiger partial charge in [-0.2, -0.15) is 0 Å². The molecule has 3 aromatic rings. The maximum Gasteiger partial charge on any atom is 0.251 e. The number of hydrogen-bond donors (Lipinski definition) is 1. The number of amides is 1. The summed E-state index contributed by atoms with van der Waals surface area (Å²) in [6.45, 7) is 6.72.